The third-order valence-corrected chi connectivity index (χ3v) is 4.94. The van der Waals surface area contributed by atoms with Crippen molar-refractivity contribution in [1.29, 1.82) is 0 Å². The first-order valence-corrected chi connectivity index (χ1v) is 8.09. The lowest BCUT2D eigenvalue weighted by atomic mass is 10.3. The zero-order valence-corrected chi connectivity index (χ0v) is 12.8. The van der Waals surface area contributed by atoms with Crippen molar-refractivity contribution in [3.8, 4) is 0 Å². The maximum Gasteiger partial charge on any atom is 0.270 e. The number of nitrogens with one attached hydrogen (secondary N) is 1. The highest BCUT2D eigenvalue weighted by Gasteiger charge is 2.20. The second kappa shape index (κ2) is 6.97. The molecule has 0 aliphatic heterocycles. The van der Waals surface area contributed by atoms with Gasteiger partial charge in [0.25, 0.3) is 5.69 Å². The molecule has 0 aliphatic rings. The number of sulfonamides is 1. The molecule has 0 bridgehead atoms. The van der Waals surface area contributed by atoms with Crippen molar-refractivity contribution < 1.29 is 13.3 Å². The Kier molecular flexibility index (Phi) is 5.89. The molecule has 0 heterocycles. The van der Waals surface area contributed by atoms with E-state index in [0.717, 1.165) is 25.3 Å². The van der Waals surface area contributed by atoms with Crippen LogP contribution in [0.15, 0.2) is 27.6 Å². The van der Waals surface area contributed by atoms with E-state index in [-0.39, 0.29) is 10.6 Å². The Morgan fingerprint density at radius 2 is 2.05 bits per heavy atom. The van der Waals surface area contributed by atoms with Gasteiger partial charge < -0.3 is 0 Å². The highest BCUT2D eigenvalue weighted by atomic mass is 79.9. The number of non-ortho nitro benzene ring substituents is 1. The molecule has 1 N–H and O–H groups in total. The topological polar surface area (TPSA) is 89.3 Å². The lowest BCUT2D eigenvalue weighted by molar-refractivity contribution is -0.385. The number of nitrogens with zero attached hydrogens (tertiary/aromatic N) is 1. The number of benzene rings is 1. The summed E-state index contributed by atoms with van der Waals surface area (Å²) >= 11 is 3.10. The highest BCUT2D eigenvalue weighted by Crippen LogP contribution is 2.26. The molecule has 1 aromatic rings. The van der Waals surface area contributed by atoms with E-state index in [1.54, 1.807) is 0 Å². The Bertz CT molecular complexity index is 560. The summed E-state index contributed by atoms with van der Waals surface area (Å²) in [6, 6.07) is 3.66. The zero-order valence-electron chi connectivity index (χ0n) is 10.4. The van der Waals surface area contributed by atoms with E-state index in [1.165, 1.54) is 12.1 Å². The largest absolute Gasteiger partial charge is 0.270 e. The summed E-state index contributed by atoms with van der Waals surface area (Å²) in [7, 11) is -3.73. The standard InChI is InChI=1S/C11H15BrN2O4S/c1-2-3-4-7-13-19(17,18)11-8-9(14(15)16)5-6-10(11)12/h5-6,8,13H,2-4,7H2,1H3. The lowest BCUT2D eigenvalue weighted by Crippen LogP contribution is -2.25. The highest BCUT2D eigenvalue weighted by molar-refractivity contribution is 9.10. The van der Waals surface area contributed by atoms with E-state index in [9.17, 15) is 18.5 Å². The number of nitro benzene ring substituents is 1. The summed E-state index contributed by atoms with van der Waals surface area (Å²) in [4.78, 5) is 9.93. The minimum absolute atomic E-state index is 0.113. The van der Waals surface area contributed by atoms with Crippen molar-refractivity contribution in [2.24, 2.45) is 0 Å². The lowest BCUT2D eigenvalue weighted by Gasteiger charge is -2.08. The fourth-order valence-corrected chi connectivity index (χ4v) is 3.53. The maximum absolute atomic E-state index is 12.0. The van der Waals surface area contributed by atoms with Gasteiger partial charge in [0.2, 0.25) is 10.0 Å². The number of hydrogen-bond donors (Lipinski definition) is 1. The molecular weight excluding hydrogens is 336 g/mol. The van der Waals surface area contributed by atoms with Crippen LogP contribution in [0.2, 0.25) is 0 Å². The first kappa shape index (κ1) is 16.1. The van der Waals surface area contributed by atoms with Crippen LogP contribution in [0.1, 0.15) is 26.2 Å². The molecule has 0 aliphatic carbocycles. The Hall–Kier alpha value is -0.990. The average Bonchev–Trinajstić information content (AvgIpc) is 2.34. The third-order valence-electron chi connectivity index (χ3n) is 2.49. The van der Waals surface area contributed by atoms with Gasteiger partial charge in [0.05, 0.1) is 4.92 Å². The fourth-order valence-electron chi connectivity index (χ4n) is 1.47. The predicted octanol–water partition coefficient (Wildman–Crippen LogP) is 2.83. The van der Waals surface area contributed by atoms with Crippen molar-refractivity contribution >= 4 is 31.6 Å². The fraction of sp³-hybridized carbons (Fsp3) is 0.455. The van der Waals surface area contributed by atoms with Crippen molar-refractivity contribution in [2.75, 3.05) is 6.54 Å². The summed E-state index contributed by atoms with van der Waals surface area (Å²) in [6.07, 6.45) is 2.66. The SMILES string of the molecule is CCCCCNS(=O)(=O)c1cc([N+](=O)[O-])ccc1Br. The van der Waals surface area contributed by atoms with Crippen molar-refractivity contribution in [3.63, 3.8) is 0 Å². The van der Waals surface area contributed by atoms with E-state index in [1.807, 2.05) is 6.92 Å². The molecule has 0 spiro atoms. The van der Waals surface area contributed by atoms with Crippen LogP contribution < -0.4 is 4.72 Å². The van der Waals surface area contributed by atoms with E-state index < -0.39 is 14.9 Å². The van der Waals surface area contributed by atoms with Crippen LogP contribution in [-0.2, 0) is 10.0 Å². The molecular formula is C11H15BrN2O4S. The molecule has 0 saturated heterocycles. The smallest absolute Gasteiger partial charge is 0.258 e. The molecule has 0 unspecified atom stereocenters. The average molecular weight is 351 g/mol. The van der Waals surface area contributed by atoms with Crippen molar-refractivity contribution in [2.45, 2.75) is 31.1 Å². The Morgan fingerprint density at radius 3 is 2.63 bits per heavy atom. The molecule has 6 nitrogen and oxygen atoms in total. The van der Waals surface area contributed by atoms with Crippen LogP contribution in [-0.4, -0.2) is 19.9 Å². The van der Waals surface area contributed by atoms with Gasteiger partial charge in [-0.3, -0.25) is 10.1 Å². The number of hydrogen-bond acceptors (Lipinski definition) is 4. The van der Waals surface area contributed by atoms with Crippen molar-refractivity contribution in [1.82, 2.24) is 4.72 Å². The van der Waals surface area contributed by atoms with Gasteiger partial charge in [0, 0.05) is 23.2 Å². The second-order valence-electron chi connectivity index (χ2n) is 3.98. The molecule has 0 saturated carbocycles. The van der Waals surface area contributed by atoms with E-state index in [2.05, 4.69) is 20.7 Å². The van der Waals surface area contributed by atoms with Gasteiger partial charge >= 0.3 is 0 Å². The molecule has 0 amide bonds. The molecule has 106 valence electrons. The summed E-state index contributed by atoms with van der Waals surface area (Å²) < 4.78 is 26.8. The van der Waals surface area contributed by atoms with Gasteiger partial charge in [-0.25, -0.2) is 13.1 Å². The van der Waals surface area contributed by atoms with Crippen LogP contribution in [0.4, 0.5) is 5.69 Å². The minimum Gasteiger partial charge on any atom is -0.258 e. The van der Waals surface area contributed by atoms with Crippen LogP contribution in [0.25, 0.3) is 0 Å². The maximum atomic E-state index is 12.0. The molecule has 19 heavy (non-hydrogen) atoms. The molecule has 1 rings (SSSR count). The van der Waals surface area contributed by atoms with Gasteiger partial charge in [-0.1, -0.05) is 19.8 Å². The van der Waals surface area contributed by atoms with E-state index in [0.29, 0.717) is 11.0 Å². The van der Waals surface area contributed by atoms with Gasteiger partial charge in [0.15, 0.2) is 0 Å². The number of unbranched alkanes of at least 4 members (excludes halogenated alkanes) is 2. The zero-order chi connectivity index (χ0) is 14.5. The summed E-state index contributed by atoms with van der Waals surface area (Å²) in [5, 5.41) is 10.7. The predicted molar refractivity (Wildman–Crippen MR) is 75.5 cm³/mol. The summed E-state index contributed by atoms with van der Waals surface area (Å²) in [5.74, 6) is 0. The van der Waals surface area contributed by atoms with Crippen LogP contribution in [0.5, 0.6) is 0 Å². The molecule has 1 aromatic carbocycles. The van der Waals surface area contributed by atoms with E-state index in [4.69, 9.17) is 0 Å². The van der Waals surface area contributed by atoms with Crippen LogP contribution in [0, 0.1) is 10.1 Å². The molecule has 0 aromatic heterocycles. The normalized spacial score (nSPS) is 11.5. The second-order valence-corrected chi connectivity index (χ2v) is 6.57. The Morgan fingerprint density at radius 1 is 1.37 bits per heavy atom. The quantitative estimate of drug-likeness (QED) is 0.465. The van der Waals surface area contributed by atoms with Gasteiger partial charge in [0.1, 0.15) is 4.90 Å². The number of rotatable bonds is 7. The Balaban J connectivity index is 2.94. The summed E-state index contributed by atoms with van der Waals surface area (Å²) in [6.45, 7) is 2.34. The van der Waals surface area contributed by atoms with Gasteiger partial charge in [-0.05, 0) is 28.4 Å². The number of nitro groups is 1. The molecule has 0 radical (unpaired) electrons. The number of halogens is 1. The summed E-state index contributed by atoms with van der Waals surface area (Å²) in [5.41, 5.74) is -0.253. The third kappa shape index (κ3) is 4.55. The molecule has 0 fully saturated rings. The van der Waals surface area contributed by atoms with Gasteiger partial charge in [-0.15, -0.1) is 0 Å². The van der Waals surface area contributed by atoms with Gasteiger partial charge in [-0.2, -0.15) is 0 Å². The van der Waals surface area contributed by atoms with Crippen LogP contribution in [0.3, 0.4) is 0 Å². The first-order chi connectivity index (χ1) is 8.88. The Labute approximate surface area is 120 Å². The van der Waals surface area contributed by atoms with Crippen molar-refractivity contribution in [3.05, 3.63) is 32.8 Å². The monoisotopic (exact) mass is 350 g/mol. The molecule has 0 atom stereocenters. The van der Waals surface area contributed by atoms with Crippen LogP contribution >= 0.6 is 15.9 Å². The molecule has 8 heteroatoms. The first-order valence-electron chi connectivity index (χ1n) is 5.82. The van der Waals surface area contributed by atoms with E-state index >= 15 is 0 Å². The minimum atomic E-state index is -3.73.